The molecule has 1 amide bonds. The molecule has 0 atom stereocenters. The van der Waals surface area contributed by atoms with Gasteiger partial charge in [-0.15, -0.1) is 0 Å². The van der Waals surface area contributed by atoms with E-state index in [1.807, 2.05) is 30.5 Å². The minimum Gasteiger partial charge on any atom is -0.475 e. The molecule has 1 fully saturated rings. The van der Waals surface area contributed by atoms with Crippen molar-refractivity contribution in [2.24, 2.45) is 0 Å². The van der Waals surface area contributed by atoms with Crippen LogP contribution in [0.15, 0.2) is 48.7 Å². The number of aliphatic carboxylic acids is 1. The molecule has 206 valence electrons. The number of pyridine rings is 1. The number of ether oxygens (including phenoxy) is 1. The molecule has 0 spiro atoms. The first-order valence-electron chi connectivity index (χ1n) is 12.5. The zero-order chi connectivity index (χ0) is 27.8. The van der Waals surface area contributed by atoms with Gasteiger partial charge in [-0.3, -0.25) is 14.7 Å². The van der Waals surface area contributed by atoms with E-state index in [9.17, 15) is 18.0 Å². The van der Waals surface area contributed by atoms with Crippen molar-refractivity contribution in [1.29, 1.82) is 0 Å². The highest BCUT2D eigenvalue weighted by atomic mass is 19.4. The first-order valence-corrected chi connectivity index (χ1v) is 12.5. The third-order valence-corrected chi connectivity index (χ3v) is 6.36. The molecule has 1 saturated heterocycles. The van der Waals surface area contributed by atoms with Gasteiger partial charge >= 0.3 is 12.1 Å². The molecule has 2 aliphatic rings. The Morgan fingerprint density at radius 3 is 2.62 bits per heavy atom. The Bertz CT molecular complexity index is 1330. The number of alkyl halides is 3. The van der Waals surface area contributed by atoms with E-state index in [0.717, 1.165) is 73.9 Å². The van der Waals surface area contributed by atoms with Crippen molar-refractivity contribution in [1.82, 2.24) is 20.2 Å². The van der Waals surface area contributed by atoms with Gasteiger partial charge in [0.2, 0.25) is 0 Å². The summed E-state index contributed by atoms with van der Waals surface area (Å²) in [6, 6.07) is 14.6. The summed E-state index contributed by atoms with van der Waals surface area (Å²) in [6.07, 6.45) is 2.76. The normalized spacial score (nSPS) is 15.8. The monoisotopic (exact) mass is 542 g/mol. The fourth-order valence-corrected chi connectivity index (χ4v) is 4.30. The highest BCUT2D eigenvalue weighted by Gasteiger charge is 2.38. The van der Waals surface area contributed by atoms with Crippen LogP contribution in [0.5, 0.6) is 0 Å². The van der Waals surface area contributed by atoms with Gasteiger partial charge in [0.15, 0.2) is 0 Å². The molecular weight excluding hydrogens is 513 g/mol. The molecule has 3 N–H and O–H groups in total. The number of fused-ring (bicyclic) bond motifs is 1. The topological polar surface area (TPSA) is 108 Å². The van der Waals surface area contributed by atoms with Crippen molar-refractivity contribution in [2.75, 3.05) is 39.4 Å². The van der Waals surface area contributed by atoms with Gasteiger partial charge in [0.25, 0.3) is 5.91 Å². The van der Waals surface area contributed by atoms with Crippen LogP contribution in [0, 0.1) is 0 Å². The Morgan fingerprint density at radius 1 is 1.13 bits per heavy atom. The van der Waals surface area contributed by atoms with E-state index in [4.69, 9.17) is 14.6 Å². The van der Waals surface area contributed by atoms with Crippen LogP contribution in [0.4, 0.5) is 13.2 Å². The second-order valence-electron chi connectivity index (χ2n) is 9.14. The van der Waals surface area contributed by atoms with Gasteiger partial charge in [-0.1, -0.05) is 30.3 Å². The van der Waals surface area contributed by atoms with Crippen LogP contribution in [-0.2, 0) is 22.4 Å². The van der Waals surface area contributed by atoms with E-state index in [1.165, 1.54) is 11.1 Å². The second kappa shape index (κ2) is 12.7. The Kier molecular flexibility index (Phi) is 9.15. The SMILES string of the molecule is O=C(O)C(F)(F)F.O=C1NCCc2[nH]c(-c3ccnc(/C=C/c4cccc(CCN5CCOCC5)c4)c3)cc21. The molecule has 2 aromatic heterocycles. The largest absolute Gasteiger partial charge is 0.490 e. The summed E-state index contributed by atoms with van der Waals surface area (Å²) in [5.74, 6) is -2.76. The van der Waals surface area contributed by atoms with E-state index < -0.39 is 12.1 Å². The van der Waals surface area contributed by atoms with E-state index in [2.05, 4.69) is 50.5 Å². The zero-order valence-corrected chi connectivity index (χ0v) is 21.1. The van der Waals surface area contributed by atoms with Crippen LogP contribution in [0.1, 0.15) is 32.9 Å². The van der Waals surface area contributed by atoms with Gasteiger partial charge in [0.05, 0.1) is 24.5 Å². The number of rotatable bonds is 6. The molecule has 0 unspecified atom stereocenters. The Morgan fingerprint density at radius 2 is 1.90 bits per heavy atom. The quantitative estimate of drug-likeness (QED) is 0.434. The number of benzene rings is 1. The zero-order valence-electron chi connectivity index (χ0n) is 21.1. The van der Waals surface area contributed by atoms with Crippen LogP contribution in [0.25, 0.3) is 23.4 Å². The summed E-state index contributed by atoms with van der Waals surface area (Å²) in [6.45, 7) is 5.48. The molecular formula is C28H29F3N4O4. The average Bonchev–Trinajstić information content (AvgIpc) is 3.38. The highest BCUT2D eigenvalue weighted by molar-refractivity contribution is 5.97. The van der Waals surface area contributed by atoms with Crippen LogP contribution in [-0.4, -0.2) is 77.4 Å². The number of aromatic nitrogens is 2. The van der Waals surface area contributed by atoms with Crippen LogP contribution < -0.4 is 5.32 Å². The van der Waals surface area contributed by atoms with Crippen molar-refractivity contribution in [3.8, 4) is 11.3 Å². The maximum atomic E-state index is 12.1. The van der Waals surface area contributed by atoms with E-state index >= 15 is 0 Å². The highest BCUT2D eigenvalue weighted by Crippen LogP contribution is 2.24. The Labute approximate surface area is 223 Å². The van der Waals surface area contributed by atoms with E-state index in [0.29, 0.717) is 6.54 Å². The maximum absolute atomic E-state index is 12.1. The number of carboxylic acids is 1. The standard InChI is InChI=1S/C26H28N4O2.C2HF3O2/c31-26-23-18-25(29-24(23)7-10-28-26)21-6-9-27-22(17-21)5-4-19-2-1-3-20(16-19)8-11-30-12-14-32-15-13-30;3-2(4,5)1(6)7/h1-6,9,16-18,29H,7-8,10-15H2,(H,28,31);(H,6,7)/b5-4+;. The number of nitrogens with one attached hydrogen (secondary N) is 2. The van der Waals surface area contributed by atoms with Crippen molar-refractivity contribution in [3.05, 3.63) is 76.7 Å². The number of nitrogens with zero attached hydrogens (tertiary/aromatic N) is 2. The number of carbonyl (C=O) groups excluding carboxylic acids is 1. The van der Waals surface area contributed by atoms with Crippen molar-refractivity contribution >= 4 is 24.0 Å². The number of carboxylic acid groups (broad SMARTS) is 1. The van der Waals surface area contributed by atoms with Gasteiger partial charge in [-0.2, -0.15) is 13.2 Å². The second-order valence-corrected chi connectivity index (χ2v) is 9.14. The van der Waals surface area contributed by atoms with Crippen molar-refractivity contribution in [3.63, 3.8) is 0 Å². The molecule has 1 aromatic carbocycles. The summed E-state index contributed by atoms with van der Waals surface area (Å²) in [7, 11) is 0. The lowest BCUT2D eigenvalue weighted by Gasteiger charge is -2.26. The molecule has 8 nitrogen and oxygen atoms in total. The van der Waals surface area contributed by atoms with Crippen molar-refractivity contribution in [2.45, 2.75) is 19.0 Å². The van der Waals surface area contributed by atoms with Crippen LogP contribution >= 0.6 is 0 Å². The summed E-state index contributed by atoms with van der Waals surface area (Å²) in [5.41, 5.74) is 7.13. The molecule has 39 heavy (non-hydrogen) atoms. The molecule has 3 aromatic rings. The first kappa shape index (κ1) is 28.1. The molecule has 0 saturated carbocycles. The van der Waals surface area contributed by atoms with E-state index in [-0.39, 0.29) is 5.91 Å². The fraction of sp³-hybridized carbons (Fsp3) is 0.321. The predicted octanol–water partition coefficient (Wildman–Crippen LogP) is 4.04. The average molecular weight is 543 g/mol. The van der Waals surface area contributed by atoms with Gasteiger partial charge in [-0.05, 0) is 41.8 Å². The number of halogens is 3. The Hall–Kier alpha value is -3.96. The lowest BCUT2D eigenvalue weighted by Crippen LogP contribution is -2.37. The number of hydrogen-bond acceptors (Lipinski definition) is 5. The molecule has 2 aliphatic heterocycles. The molecule has 0 radical (unpaired) electrons. The number of hydrogen-bond donors (Lipinski definition) is 3. The lowest BCUT2D eigenvalue weighted by molar-refractivity contribution is -0.192. The lowest BCUT2D eigenvalue weighted by atomic mass is 10.1. The number of aromatic amines is 1. The predicted molar refractivity (Wildman–Crippen MR) is 140 cm³/mol. The number of amides is 1. The van der Waals surface area contributed by atoms with Gasteiger partial charge in [-0.25, -0.2) is 4.79 Å². The molecule has 0 aliphatic carbocycles. The Balaban J connectivity index is 0.000000448. The summed E-state index contributed by atoms with van der Waals surface area (Å²) < 4.78 is 37.2. The van der Waals surface area contributed by atoms with Crippen molar-refractivity contribution < 1.29 is 32.6 Å². The third kappa shape index (κ3) is 8.01. The summed E-state index contributed by atoms with van der Waals surface area (Å²) in [5, 5.41) is 10.0. The van der Waals surface area contributed by atoms with Gasteiger partial charge in [0.1, 0.15) is 0 Å². The fourth-order valence-electron chi connectivity index (χ4n) is 4.30. The smallest absolute Gasteiger partial charge is 0.475 e. The third-order valence-electron chi connectivity index (χ3n) is 6.36. The number of carbonyl (C=O) groups is 2. The summed E-state index contributed by atoms with van der Waals surface area (Å²) >= 11 is 0. The summed E-state index contributed by atoms with van der Waals surface area (Å²) in [4.78, 5) is 31.3. The van der Waals surface area contributed by atoms with Crippen LogP contribution in [0.3, 0.4) is 0 Å². The minimum atomic E-state index is -5.08. The first-order chi connectivity index (χ1) is 18.7. The molecule has 0 bridgehead atoms. The van der Waals surface area contributed by atoms with E-state index in [1.54, 1.807) is 0 Å². The number of morpholine rings is 1. The molecule has 4 heterocycles. The number of H-pyrrole nitrogens is 1. The van der Waals surface area contributed by atoms with Crippen LogP contribution in [0.2, 0.25) is 0 Å². The molecule has 5 rings (SSSR count). The van der Waals surface area contributed by atoms with Gasteiger partial charge in [0, 0.05) is 55.7 Å². The van der Waals surface area contributed by atoms with Gasteiger partial charge < -0.3 is 20.1 Å². The maximum Gasteiger partial charge on any atom is 0.490 e. The minimum absolute atomic E-state index is 0.00331. The molecule has 11 heteroatoms.